The Bertz CT molecular complexity index is 665. The van der Waals surface area contributed by atoms with E-state index < -0.39 is 14.6 Å². The Kier molecular flexibility index (Phi) is 4.29. The largest absolute Gasteiger partial charge is 0.477 e. The van der Waals surface area contributed by atoms with Crippen LogP contribution in [-0.4, -0.2) is 55.0 Å². The van der Waals surface area contributed by atoms with Gasteiger partial charge in [-0.3, -0.25) is 4.90 Å². The van der Waals surface area contributed by atoms with Crippen LogP contribution in [0.3, 0.4) is 0 Å². The molecule has 0 bridgehead atoms. The highest BCUT2D eigenvalue weighted by molar-refractivity contribution is 7.93. The molecular formula is C18H26N2O3S. The van der Waals surface area contributed by atoms with Crippen molar-refractivity contribution in [3.63, 3.8) is 0 Å². The van der Waals surface area contributed by atoms with Crippen LogP contribution in [0.15, 0.2) is 24.4 Å². The lowest BCUT2D eigenvalue weighted by Gasteiger charge is -2.50. The van der Waals surface area contributed by atoms with Gasteiger partial charge in [0.2, 0.25) is 5.88 Å². The van der Waals surface area contributed by atoms with Crippen molar-refractivity contribution < 1.29 is 13.2 Å². The molecule has 2 aliphatic heterocycles. The number of pyridine rings is 1. The monoisotopic (exact) mass is 350 g/mol. The van der Waals surface area contributed by atoms with Gasteiger partial charge in [-0.25, -0.2) is 13.4 Å². The highest BCUT2D eigenvalue weighted by Gasteiger charge is 2.61. The van der Waals surface area contributed by atoms with Crippen LogP contribution in [0.5, 0.6) is 5.88 Å². The number of hydrogen-bond donors (Lipinski definition) is 0. The lowest BCUT2D eigenvalue weighted by atomic mass is 9.83. The Morgan fingerprint density at radius 1 is 1.21 bits per heavy atom. The number of rotatable bonds is 5. The van der Waals surface area contributed by atoms with E-state index in [-0.39, 0.29) is 5.92 Å². The summed E-state index contributed by atoms with van der Waals surface area (Å²) in [6, 6.07) is 5.56. The summed E-state index contributed by atoms with van der Waals surface area (Å²) in [6.07, 6.45) is 7.70. The Balaban J connectivity index is 1.39. The van der Waals surface area contributed by atoms with Crippen molar-refractivity contribution in [1.82, 2.24) is 9.88 Å². The van der Waals surface area contributed by atoms with Gasteiger partial charge in [-0.1, -0.05) is 18.9 Å². The standard InChI is InChI=1S/C18H26N2O3S/c21-24(22)10-8-16(12-23-17-7-3-4-9-19-17)18(24)13-20(14-18)11-15-5-1-2-6-15/h3-4,7,9,15-16H,1-2,5-6,8,10-14H2. The van der Waals surface area contributed by atoms with Crippen molar-refractivity contribution in [2.75, 3.05) is 32.0 Å². The fourth-order valence-corrected chi connectivity index (χ4v) is 7.18. The van der Waals surface area contributed by atoms with Crippen molar-refractivity contribution in [2.24, 2.45) is 11.8 Å². The molecule has 1 spiro atoms. The van der Waals surface area contributed by atoms with Crippen LogP contribution >= 0.6 is 0 Å². The second kappa shape index (κ2) is 6.30. The summed E-state index contributed by atoms with van der Waals surface area (Å²) in [5.74, 6) is 1.75. The van der Waals surface area contributed by atoms with E-state index in [0.29, 0.717) is 37.8 Å². The molecule has 24 heavy (non-hydrogen) atoms. The number of hydrogen-bond acceptors (Lipinski definition) is 5. The zero-order valence-electron chi connectivity index (χ0n) is 14.1. The Hall–Kier alpha value is -1.14. The summed E-state index contributed by atoms with van der Waals surface area (Å²) in [5.41, 5.74) is 0. The zero-order chi connectivity index (χ0) is 16.6. The normalized spacial score (nSPS) is 28.9. The fourth-order valence-electron chi connectivity index (χ4n) is 4.72. The quantitative estimate of drug-likeness (QED) is 0.814. The van der Waals surface area contributed by atoms with Crippen LogP contribution < -0.4 is 4.74 Å². The van der Waals surface area contributed by atoms with Gasteiger partial charge >= 0.3 is 0 Å². The molecule has 0 radical (unpaired) electrons. The molecular weight excluding hydrogens is 324 g/mol. The molecule has 1 atom stereocenters. The highest BCUT2D eigenvalue weighted by Crippen LogP contribution is 2.45. The van der Waals surface area contributed by atoms with Crippen molar-refractivity contribution in [1.29, 1.82) is 0 Å². The van der Waals surface area contributed by atoms with Crippen LogP contribution in [-0.2, 0) is 9.84 Å². The number of likely N-dealkylation sites (tertiary alicyclic amines) is 1. The summed E-state index contributed by atoms with van der Waals surface area (Å²) >= 11 is 0. The molecule has 6 heteroatoms. The van der Waals surface area contributed by atoms with Crippen LogP contribution in [0, 0.1) is 11.8 Å². The predicted molar refractivity (Wildman–Crippen MR) is 92.8 cm³/mol. The molecule has 1 aromatic rings. The van der Waals surface area contributed by atoms with Crippen molar-refractivity contribution in [3.05, 3.63) is 24.4 Å². The highest BCUT2D eigenvalue weighted by atomic mass is 32.2. The van der Waals surface area contributed by atoms with Crippen LogP contribution in [0.1, 0.15) is 32.1 Å². The van der Waals surface area contributed by atoms with Crippen molar-refractivity contribution >= 4 is 9.84 Å². The molecule has 1 unspecified atom stereocenters. The predicted octanol–water partition coefficient (Wildman–Crippen LogP) is 2.14. The Morgan fingerprint density at radius 2 is 2.00 bits per heavy atom. The van der Waals surface area contributed by atoms with E-state index in [4.69, 9.17) is 4.74 Å². The van der Waals surface area contributed by atoms with Gasteiger partial charge < -0.3 is 4.74 Å². The van der Waals surface area contributed by atoms with E-state index in [1.165, 1.54) is 25.7 Å². The summed E-state index contributed by atoms with van der Waals surface area (Å²) < 4.78 is 30.6. The summed E-state index contributed by atoms with van der Waals surface area (Å²) in [4.78, 5) is 6.52. The van der Waals surface area contributed by atoms with E-state index in [1.807, 2.05) is 18.2 Å². The minimum absolute atomic E-state index is 0.0873. The van der Waals surface area contributed by atoms with Crippen LogP contribution in [0.25, 0.3) is 0 Å². The number of ether oxygens (including phenoxy) is 1. The van der Waals surface area contributed by atoms with Gasteiger partial charge in [-0.2, -0.15) is 0 Å². The van der Waals surface area contributed by atoms with Crippen LogP contribution in [0.4, 0.5) is 0 Å². The molecule has 1 aromatic heterocycles. The number of sulfone groups is 1. The third kappa shape index (κ3) is 2.84. The maximum Gasteiger partial charge on any atom is 0.213 e. The second-order valence-electron chi connectivity index (χ2n) is 7.67. The molecule has 5 nitrogen and oxygen atoms in total. The van der Waals surface area contributed by atoms with E-state index in [1.54, 1.807) is 6.20 Å². The molecule has 2 saturated heterocycles. The SMILES string of the molecule is O=S1(=O)CCC(COc2ccccn2)C12CN(CC1CCCC1)C2. The van der Waals surface area contributed by atoms with Gasteiger partial charge in [0.1, 0.15) is 4.75 Å². The smallest absolute Gasteiger partial charge is 0.213 e. The van der Waals surface area contributed by atoms with E-state index in [2.05, 4.69) is 9.88 Å². The number of nitrogens with zero attached hydrogens (tertiary/aromatic N) is 2. The molecule has 1 aliphatic carbocycles. The summed E-state index contributed by atoms with van der Waals surface area (Å²) in [6.45, 7) is 2.92. The fraction of sp³-hybridized carbons (Fsp3) is 0.722. The third-order valence-electron chi connectivity index (χ3n) is 6.14. The maximum atomic E-state index is 12.7. The van der Waals surface area contributed by atoms with E-state index >= 15 is 0 Å². The van der Waals surface area contributed by atoms with Gasteiger partial charge in [0.25, 0.3) is 0 Å². The third-order valence-corrected chi connectivity index (χ3v) is 8.75. The van der Waals surface area contributed by atoms with Gasteiger partial charge in [0.05, 0.1) is 12.4 Å². The average Bonchev–Trinajstić information content (AvgIpc) is 3.13. The molecule has 1 saturated carbocycles. The molecule has 4 rings (SSSR count). The van der Waals surface area contributed by atoms with Gasteiger partial charge in [-0.05, 0) is 31.2 Å². The number of aromatic nitrogens is 1. The van der Waals surface area contributed by atoms with Gasteiger partial charge in [-0.15, -0.1) is 0 Å². The Labute approximate surface area is 144 Å². The lowest BCUT2D eigenvalue weighted by Crippen LogP contribution is -2.68. The summed E-state index contributed by atoms with van der Waals surface area (Å²) in [5, 5.41) is 0. The molecule has 3 aliphatic rings. The van der Waals surface area contributed by atoms with Crippen molar-refractivity contribution in [3.8, 4) is 5.88 Å². The molecule has 0 aromatic carbocycles. The molecule has 0 N–H and O–H groups in total. The minimum atomic E-state index is -3.01. The molecule has 3 heterocycles. The molecule has 3 fully saturated rings. The maximum absolute atomic E-state index is 12.7. The first-order chi connectivity index (χ1) is 11.6. The molecule has 132 valence electrons. The van der Waals surface area contributed by atoms with Crippen molar-refractivity contribution in [2.45, 2.75) is 36.9 Å². The average molecular weight is 350 g/mol. The van der Waals surface area contributed by atoms with Crippen LogP contribution in [0.2, 0.25) is 0 Å². The van der Waals surface area contributed by atoms with Gasteiger partial charge in [0, 0.05) is 37.8 Å². The Morgan fingerprint density at radius 3 is 2.71 bits per heavy atom. The minimum Gasteiger partial charge on any atom is -0.477 e. The lowest BCUT2D eigenvalue weighted by molar-refractivity contribution is 0.0522. The first-order valence-corrected chi connectivity index (χ1v) is 10.7. The van der Waals surface area contributed by atoms with E-state index in [9.17, 15) is 8.42 Å². The second-order valence-corrected chi connectivity index (χ2v) is 10.1. The zero-order valence-corrected chi connectivity index (χ0v) is 14.9. The first kappa shape index (κ1) is 16.3. The van der Waals surface area contributed by atoms with E-state index in [0.717, 1.165) is 12.5 Å². The summed E-state index contributed by atoms with van der Waals surface area (Å²) in [7, 11) is -3.01. The first-order valence-electron chi connectivity index (χ1n) is 9.08. The molecule has 0 amide bonds. The van der Waals surface area contributed by atoms with Gasteiger partial charge in [0.15, 0.2) is 9.84 Å². The topological polar surface area (TPSA) is 59.5 Å².